The van der Waals surface area contributed by atoms with Gasteiger partial charge in [0.2, 0.25) is 0 Å². The van der Waals surface area contributed by atoms with E-state index in [9.17, 15) is 0 Å². The average Bonchev–Trinajstić information content (AvgIpc) is 2.47. The number of hydrogen-bond acceptors (Lipinski definition) is 3. The van der Waals surface area contributed by atoms with Crippen LogP contribution >= 0.6 is 0 Å². The molecule has 0 radical (unpaired) electrons. The summed E-state index contributed by atoms with van der Waals surface area (Å²) >= 11 is 0. The lowest BCUT2D eigenvalue weighted by Gasteiger charge is -2.26. The highest BCUT2D eigenvalue weighted by molar-refractivity contribution is 4.89. The van der Waals surface area contributed by atoms with E-state index in [0.717, 1.165) is 13.1 Å². The van der Waals surface area contributed by atoms with E-state index in [0.29, 0.717) is 24.4 Å². The van der Waals surface area contributed by atoms with Crippen LogP contribution in [0.5, 0.6) is 0 Å². The summed E-state index contributed by atoms with van der Waals surface area (Å²) in [6, 6.07) is 3.20. The molecule has 2 N–H and O–H groups in total. The van der Waals surface area contributed by atoms with Gasteiger partial charge in [-0.1, -0.05) is 0 Å². The lowest BCUT2D eigenvalue weighted by atomic mass is 10.1. The van der Waals surface area contributed by atoms with Gasteiger partial charge in [0.15, 0.2) is 0 Å². The van der Waals surface area contributed by atoms with Crippen LogP contribution in [0.25, 0.3) is 0 Å². The first-order valence-electron chi connectivity index (χ1n) is 5.01. The molecule has 3 nitrogen and oxygen atoms in total. The van der Waals surface area contributed by atoms with Gasteiger partial charge >= 0.3 is 0 Å². The fourth-order valence-electron chi connectivity index (χ4n) is 2.20. The minimum absolute atomic E-state index is 0.386. The summed E-state index contributed by atoms with van der Waals surface area (Å²) in [5.74, 6) is 0.635. The van der Waals surface area contributed by atoms with Crippen molar-refractivity contribution in [1.82, 2.24) is 4.90 Å². The summed E-state index contributed by atoms with van der Waals surface area (Å²) in [6.07, 6.45) is 1.81. The lowest BCUT2D eigenvalue weighted by Crippen LogP contribution is -2.36. The van der Waals surface area contributed by atoms with Crippen molar-refractivity contribution in [1.29, 1.82) is 5.26 Å². The topological polar surface area (TPSA) is 53.0 Å². The predicted octanol–water partition coefficient (Wildman–Crippen LogP) is 0.958. The van der Waals surface area contributed by atoms with Gasteiger partial charge < -0.3 is 5.73 Å². The van der Waals surface area contributed by atoms with E-state index >= 15 is 0 Å². The van der Waals surface area contributed by atoms with Crippen LogP contribution in [0.1, 0.15) is 26.7 Å². The molecule has 74 valence electrons. The van der Waals surface area contributed by atoms with Gasteiger partial charge in [-0.15, -0.1) is 0 Å². The van der Waals surface area contributed by atoms with Crippen molar-refractivity contribution in [3.05, 3.63) is 0 Å². The second-order valence-electron chi connectivity index (χ2n) is 4.09. The maximum absolute atomic E-state index is 8.61. The summed E-state index contributed by atoms with van der Waals surface area (Å²) in [5.41, 5.74) is 5.64. The second-order valence-corrected chi connectivity index (χ2v) is 4.09. The molecule has 0 aromatic carbocycles. The largest absolute Gasteiger partial charge is 0.330 e. The maximum atomic E-state index is 8.61. The van der Waals surface area contributed by atoms with Crippen molar-refractivity contribution < 1.29 is 0 Å². The number of nitrogens with two attached hydrogens (primary N) is 1. The van der Waals surface area contributed by atoms with Crippen molar-refractivity contribution in [2.24, 2.45) is 11.7 Å². The zero-order valence-electron chi connectivity index (χ0n) is 8.53. The third-order valence-corrected chi connectivity index (χ3v) is 3.00. The molecule has 3 heteroatoms. The van der Waals surface area contributed by atoms with Crippen molar-refractivity contribution in [3.8, 4) is 6.07 Å². The van der Waals surface area contributed by atoms with Crippen LogP contribution in [0.2, 0.25) is 0 Å². The van der Waals surface area contributed by atoms with E-state index < -0.39 is 0 Å². The molecule has 0 aliphatic carbocycles. The highest BCUT2D eigenvalue weighted by Gasteiger charge is 2.30. The van der Waals surface area contributed by atoms with E-state index in [1.54, 1.807) is 0 Å². The molecule has 0 bridgehead atoms. The minimum atomic E-state index is 0.386. The monoisotopic (exact) mass is 181 g/mol. The Morgan fingerprint density at radius 2 is 2.38 bits per heavy atom. The van der Waals surface area contributed by atoms with Gasteiger partial charge in [-0.25, -0.2) is 0 Å². The quantitative estimate of drug-likeness (QED) is 0.705. The minimum Gasteiger partial charge on any atom is -0.330 e. The maximum Gasteiger partial charge on any atom is 0.0638 e. The van der Waals surface area contributed by atoms with Gasteiger partial charge in [0.05, 0.1) is 12.5 Å². The Morgan fingerprint density at radius 1 is 1.69 bits per heavy atom. The molecule has 0 spiro atoms. The van der Waals surface area contributed by atoms with E-state index in [2.05, 4.69) is 24.8 Å². The SMILES string of the molecule is CC(CC#N)N1CC(CN)CC1C. The van der Waals surface area contributed by atoms with Crippen molar-refractivity contribution >= 4 is 0 Å². The van der Waals surface area contributed by atoms with Gasteiger partial charge in [-0.3, -0.25) is 4.90 Å². The number of rotatable bonds is 3. The summed E-state index contributed by atoms with van der Waals surface area (Å²) in [4.78, 5) is 2.40. The highest BCUT2D eigenvalue weighted by Crippen LogP contribution is 2.24. The zero-order valence-corrected chi connectivity index (χ0v) is 8.53. The molecule has 3 atom stereocenters. The first-order chi connectivity index (χ1) is 6.19. The summed E-state index contributed by atoms with van der Waals surface area (Å²) in [6.45, 7) is 6.20. The van der Waals surface area contributed by atoms with Gasteiger partial charge in [-0.05, 0) is 32.7 Å². The molecule has 0 aromatic heterocycles. The Morgan fingerprint density at radius 3 is 2.85 bits per heavy atom. The van der Waals surface area contributed by atoms with Crippen LogP contribution < -0.4 is 5.73 Å². The van der Waals surface area contributed by atoms with Gasteiger partial charge in [0.1, 0.15) is 0 Å². The molecule has 0 amide bonds. The molecule has 0 saturated carbocycles. The molecule has 13 heavy (non-hydrogen) atoms. The van der Waals surface area contributed by atoms with Crippen LogP contribution in [0, 0.1) is 17.2 Å². The molecule has 1 aliphatic rings. The molecule has 1 saturated heterocycles. The van der Waals surface area contributed by atoms with Crippen LogP contribution in [0.3, 0.4) is 0 Å². The second kappa shape index (κ2) is 4.59. The molecule has 1 aliphatic heterocycles. The zero-order chi connectivity index (χ0) is 9.84. The number of hydrogen-bond donors (Lipinski definition) is 1. The van der Waals surface area contributed by atoms with Crippen LogP contribution in [-0.4, -0.2) is 30.1 Å². The van der Waals surface area contributed by atoms with Crippen molar-refractivity contribution in [2.75, 3.05) is 13.1 Å². The molecule has 3 unspecified atom stereocenters. The van der Waals surface area contributed by atoms with E-state index in [1.807, 2.05) is 0 Å². The number of nitriles is 1. The summed E-state index contributed by atoms with van der Waals surface area (Å²) in [5, 5.41) is 8.61. The van der Waals surface area contributed by atoms with Crippen molar-refractivity contribution in [2.45, 2.75) is 38.8 Å². The number of likely N-dealkylation sites (tertiary alicyclic amines) is 1. The van der Waals surface area contributed by atoms with Gasteiger partial charge in [0, 0.05) is 18.6 Å². The molecule has 1 heterocycles. The highest BCUT2D eigenvalue weighted by atomic mass is 15.2. The Bertz CT molecular complexity index is 197. The molecule has 0 aromatic rings. The average molecular weight is 181 g/mol. The third kappa shape index (κ3) is 2.43. The van der Waals surface area contributed by atoms with E-state index in [1.165, 1.54) is 6.42 Å². The third-order valence-electron chi connectivity index (χ3n) is 3.00. The van der Waals surface area contributed by atoms with Crippen molar-refractivity contribution in [3.63, 3.8) is 0 Å². The molecule has 1 fully saturated rings. The van der Waals surface area contributed by atoms with Crippen LogP contribution in [-0.2, 0) is 0 Å². The molecule has 1 rings (SSSR count). The standard InChI is InChI=1S/C10H19N3/c1-8(3-4-11)13-7-10(6-12)5-9(13)2/h8-10H,3,5-7,12H2,1-2H3. The number of nitrogens with zero attached hydrogens (tertiary/aromatic N) is 2. The Hall–Kier alpha value is -0.590. The normalized spacial score (nSPS) is 31.5. The lowest BCUT2D eigenvalue weighted by molar-refractivity contribution is 0.201. The summed E-state index contributed by atoms with van der Waals surface area (Å²) < 4.78 is 0. The Labute approximate surface area is 80.5 Å². The molecular weight excluding hydrogens is 162 g/mol. The Kier molecular flexibility index (Phi) is 3.71. The summed E-state index contributed by atoms with van der Waals surface area (Å²) in [7, 11) is 0. The first-order valence-corrected chi connectivity index (χ1v) is 5.01. The smallest absolute Gasteiger partial charge is 0.0638 e. The Balaban J connectivity index is 2.47. The fraction of sp³-hybridized carbons (Fsp3) is 0.900. The fourth-order valence-corrected chi connectivity index (χ4v) is 2.20. The predicted molar refractivity (Wildman–Crippen MR) is 53.0 cm³/mol. The van der Waals surface area contributed by atoms with Gasteiger partial charge in [-0.2, -0.15) is 5.26 Å². The molecular formula is C10H19N3. The van der Waals surface area contributed by atoms with Crippen LogP contribution in [0.4, 0.5) is 0 Å². The van der Waals surface area contributed by atoms with Gasteiger partial charge in [0.25, 0.3) is 0 Å². The van der Waals surface area contributed by atoms with E-state index in [-0.39, 0.29) is 0 Å². The van der Waals surface area contributed by atoms with Crippen LogP contribution in [0.15, 0.2) is 0 Å². The first kappa shape index (κ1) is 10.5. The van der Waals surface area contributed by atoms with E-state index in [4.69, 9.17) is 11.0 Å².